The van der Waals surface area contributed by atoms with Crippen LogP contribution in [-0.4, -0.2) is 35.9 Å². The third kappa shape index (κ3) is 7.74. The number of carbonyl (C=O) groups is 2. The molecule has 1 unspecified atom stereocenters. The topological polar surface area (TPSA) is 58.6 Å². The van der Waals surface area contributed by atoms with Crippen molar-refractivity contribution >= 4 is 11.8 Å². The number of aryl methyl sites for hydroxylation is 2. The molecule has 0 aliphatic rings. The summed E-state index contributed by atoms with van der Waals surface area (Å²) in [6.45, 7) is 11.0. The van der Waals surface area contributed by atoms with E-state index in [-0.39, 0.29) is 18.4 Å². The van der Waals surface area contributed by atoms with Crippen molar-refractivity contribution in [3.63, 3.8) is 0 Å². The molecule has 168 valence electrons. The van der Waals surface area contributed by atoms with Gasteiger partial charge in [-0.15, -0.1) is 0 Å². The third-order valence-corrected chi connectivity index (χ3v) is 5.20. The minimum Gasteiger partial charge on any atom is -0.484 e. The molecule has 0 radical (unpaired) electrons. The van der Waals surface area contributed by atoms with Crippen molar-refractivity contribution in [2.24, 2.45) is 5.92 Å². The van der Waals surface area contributed by atoms with Crippen LogP contribution in [0.1, 0.15) is 50.8 Å². The Morgan fingerprint density at radius 3 is 2.32 bits per heavy atom. The van der Waals surface area contributed by atoms with Crippen LogP contribution in [-0.2, 0) is 22.6 Å². The molecule has 31 heavy (non-hydrogen) atoms. The van der Waals surface area contributed by atoms with Crippen molar-refractivity contribution in [2.75, 3.05) is 13.2 Å². The zero-order chi connectivity index (χ0) is 22.8. The molecule has 0 aliphatic heterocycles. The zero-order valence-corrected chi connectivity index (χ0v) is 19.5. The molecule has 0 heterocycles. The van der Waals surface area contributed by atoms with Gasteiger partial charge in [0.25, 0.3) is 5.91 Å². The van der Waals surface area contributed by atoms with Gasteiger partial charge in [0.15, 0.2) is 6.61 Å². The van der Waals surface area contributed by atoms with Gasteiger partial charge in [-0.25, -0.2) is 0 Å². The highest BCUT2D eigenvalue weighted by molar-refractivity contribution is 5.88. The van der Waals surface area contributed by atoms with Crippen LogP contribution < -0.4 is 10.1 Å². The van der Waals surface area contributed by atoms with Gasteiger partial charge in [-0.3, -0.25) is 9.59 Å². The quantitative estimate of drug-likeness (QED) is 0.577. The second kappa shape index (κ2) is 12.1. The molecule has 5 heteroatoms. The van der Waals surface area contributed by atoms with E-state index in [0.29, 0.717) is 31.2 Å². The van der Waals surface area contributed by atoms with Crippen LogP contribution in [0.3, 0.4) is 0 Å². The third-order valence-electron chi connectivity index (χ3n) is 5.20. The van der Waals surface area contributed by atoms with Crippen LogP contribution in [0, 0.1) is 12.8 Å². The van der Waals surface area contributed by atoms with Crippen molar-refractivity contribution in [1.82, 2.24) is 10.2 Å². The van der Waals surface area contributed by atoms with Crippen LogP contribution in [0.4, 0.5) is 0 Å². The normalized spacial score (nSPS) is 11.8. The van der Waals surface area contributed by atoms with E-state index < -0.39 is 6.04 Å². The molecule has 1 atom stereocenters. The van der Waals surface area contributed by atoms with E-state index in [1.807, 2.05) is 62.4 Å². The summed E-state index contributed by atoms with van der Waals surface area (Å²) in [6, 6.07) is 15.2. The Kier molecular flexibility index (Phi) is 9.57. The number of hydrogen-bond donors (Lipinski definition) is 1. The lowest BCUT2D eigenvalue weighted by atomic mass is 10.1. The summed E-state index contributed by atoms with van der Waals surface area (Å²) >= 11 is 0. The molecule has 0 aliphatic carbocycles. The number of rotatable bonds is 11. The molecule has 0 saturated carbocycles. The fourth-order valence-electron chi connectivity index (χ4n) is 3.40. The summed E-state index contributed by atoms with van der Waals surface area (Å²) in [5.41, 5.74) is 3.33. The minimum atomic E-state index is -0.544. The van der Waals surface area contributed by atoms with Gasteiger partial charge in [0, 0.05) is 13.1 Å². The van der Waals surface area contributed by atoms with E-state index in [0.717, 1.165) is 17.5 Å². The van der Waals surface area contributed by atoms with Crippen LogP contribution in [0.5, 0.6) is 5.75 Å². The maximum atomic E-state index is 13.2. The van der Waals surface area contributed by atoms with Gasteiger partial charge >= 0.3 is 0 Å². The van der Waals surface area contributed by atoms with Gasteiger partial charge < -0.3 is 15.0 Å². The molecule has 0 aromatic heterocycles. The molecule has 0 spiro atoms. The van der Waals surface area contributed by atoms with E-state index in [1.54, 1.807) is 4.90 Å². The largest absolute Gasteiger partial charge is 0.484 e. The molecule has 1 N–H and O–H groups in total. The van der Waals surface area contributed by atoms with Crippen molar-refractivity contribution in [3.05, 3.63) is 65.2 Å². The summed E-state index contributed by atoms with van der Waals surface area (Å²) in [4.78, 5) is 27.7. The molecule has 2 aromatic carbocycles. The second-order valence-electron chi connectivity index (χ2n) is 8.36. The standard InChI is InChI=1S/C26H36N2O3/c1-6-21-11-13-23(14-12-21)31-18-25(29)28(17-22-10-8-9-20(5)15-22)24(7-2)26(30)27-16-19(3)4/h8-15,19,24H,6-7,16-18H2,1-5H3,(H,27,30). The number of benzene rings is 2. The van der Waals surface area contributed by atoms with Crippen molar-refractivity contribution < 1.29 is 14.3 Å². The maximum Gasteiger partial charge on any atom is 0.261 e. The predicted octanol–water partition coefficient (Wildman–Crippen LogP) is 4.52. The number of nitrogens with one attached hydrogen (secondary N) is 1. The highest BCUT2D eigenvalue weighted by atomic mass is 16.5. The molecule has 0 bridgehead atoms. The number of ether oxygens (including phenoxy) is 1. The van der Waals surface area contributed by atoms with Crippen molar-refractivity contribution in [3.8, 4) is 5.75 Å². The summed E-state index contributed by atoms with van der Waals surface area (Å²) < 4.78 is 5.76. The lowest BCUT2D eigenvalue weighted by Crippen LogP contribution is -2.50. The van der Waals surface area contributed by atoms with Crippen LogP contribution in [0.15, 0.2) is 48.5 Å². The summed E-state index contributed by atoms with van der Waals surface area (Å²) in [7, 11) is 0. The fourth-order valence-corrected chi connectivity index (χ4v) is 3.40. The lowest BCUT2D eigenvalue weighted by Gasteiger charge is -2.31. The SMILES string of the molecule is CCc1ccc(OCC(=O)N(Cc2cccc(C)c2)C(CC)C(=O)NCC(C)C)cc1. The van der Waals surface area contributed by atoms with Gasteiger partial charge in [0.1, 0.15) is 11.8 Å². The summed E-state index contributed by atoms with van der Waals surface area (Å²) in [5.74, 6) is 0.673. The van der Waals surface area contributed by atoms with Gasteiger partial charge in [-0.2, -0.15) is 0 Å². The first-order valence-electron chi connectivity index (χ1n) is 11.2. The average Bonchev–Trinajstić information content (AvgIpc) is 2.76. The number of carbonyl (C=O) groups excluding carboxylic acids is 2. The molecule has 2 rings (SSSR count). The summed E-state index contributed by atoms with van der Waals surface area (Å²) in [6.07, 6.45) is 1.49. The zero-order valence-electron chi connectivity index (χ0n) is 19.5. The second-order valence-corrected chi connectivity index (χ2v) is 8.36. The van der Waals surface area contributed by atoms with Gasteiger partial charge in [-0.05, 0) is 48.9 Å². The highest BCUT2D eigenvalue weighted by Crippen LogP contribution is 2.16. The van der Waals surface area contributed by atoms with Crippen molar-refractivity contribution in [2.45, 2.75) is 60.0 Å². The predicted molar refractivity (Wildman–Crippen MR) is 125 cm³/mol. The molecule has 2 aromatic rings. The Labute approximate surface area is 186 Å². The van der Waals surface area contributed by atoms with E-state index in [1.165, 1.54) is 5.56 Å². The Balaban J connectivity index is 2.17. The average molecular weight is 425 g/mol. The monoisotopic (exact) mass is 424 g/mol. The molecular formula is C26H36N2O3. The number of amides is 2. The van der Waals surface area contributed by atoms with Crippen LogP contribution in [0.2, 0.25) is 0 Å². The Morgan fingerprint density at radius 2 is 1.74 bits per heavy atom. The number of hydrogen-bond acceptors (Lipinski definition) is 3. The Bertz CT molecular complexity index is 846. The molecule has 2 amide bonds. The van der Waals surface area contributed by atoms with E-state index in [4.69, 9.17) is 4.74 Å². The molecular weight excluding hydrogens is 388 g/mol. The highest BCUT2D eigenvalue weighted by Gasteiger charge is 2.29. The first kappa shape index (κ1) is 24.4. The van der Waals surface area contributed by atoms with E-state index in [9.17, 15) is 9.59 Å². The summed E-state index contributed by atoms with van der Waals surface area (Å²) in [5, 5.41) is 2.98. The number of nitrogens with zero attached hydrogens (tertiary/aromatic N) is 1. The molecule has 0 fully saturated rings. The Hall–Kier alpha value is -2.82. The van der Waals surface area contributed by atoms with E-state index in [2.05, 4.69) is 26.1 Å². The van der Waals surface area contributed by atoms with Crippen LogP contribution in [0.25, 0.3) is 0 Å². The van der Waals surface area contributed by atoms with Gasteiger partial charge in [-0.1, -0.05) is 69.7 Å². The minimum absolute atomic E-state index is 0.106. The molecule has 5 nitrogen and oxygen atoms in total. The fraction of sp³-hybridized carbons (Fsp3) is 0.462. The lowest BCUT2D eigenvalue weighted by molar-refractivity contribution is -0.143. The Morgan fingerprint density at radius 1 is 1.03 bits per heavy atom. The van der Waals surface area contributed by atoms with E-state index >= 15 is 0 Å². The first-order chi connectivity index (χ1) is 14.8. The smallest absolute Gasteiger partial charge is 0.261 e. The van der Waals surface area contributed by atoms with Gasteiger partial charge in [0.2, 0.25) is 5.91 Å². The first-order valence-corrected chi connectivity index (χ1v) is 11.2. The maximum absolute atomic E-state index is 13.2. The molecule has 0 saturated heterocycles. The van der Waals surface area contributed by atoms with Crippen molar-refractivity contribution in [1.29, 1.82) is 0 Å². The van der Waals surface area contributed by atoms with Gasteiger partial charge in [0.05, 0.1) is 0 Å². The van der Waals surface area contributed by atoms with Crippen LogP contribution >= 0.6 is 0 Å².